The van der Waals surface area contributed by atoms with Crippen LogP contribution in [0.3, 0.4) is 0 Å². The van der Waals surface area contributed by atoms with Crippen molar-refractivity contribution in [3.63, 3.8) is 0 Å². The molecule has 2 atom stereocenters. The summed E-state index contributed by atoms with van der Waals surface area (Å²) in [7, 11) is 2.20. The number of hydrogen-bond acceptors (Lipinski definition) is 2. The van der Waals surface area contributed by atoms with E-state index in [4.69, 9.17) is 4.74 Å². The van der Waals surface area contributed by atoms with Crippen molar-refractivity contribution in [2.45, 2.75) is 18.9 Å². The van der Waals surface area contributed by atoms with Gasteiger partial charge in [-0.3, -0.25) is 0 Å². The molecule has 2 unspecified atom stereocenters. The lowest BCUT2D eigenvalue weighted by Crippen LogP contribution is -2.47. The van der Waals surface area contributed by atoms with Gasteiger partial charge in [-0.1, -0.05) is 0 Å². The van der Waals surface area contributed by atoms with E-state index in [2.05, 4.69) is 11.9 Å². The number of hydrogen-bond donors (Lipinski definition) is 0. The van der Waals surface area contributed by atoms with Crippen molar-refractivity contribution in [1.29, 1.82) is 0 Å². The maximum Gasteiger partial charge on any atom is 0.0621 e. The molecule has 2 bridgehead atoms. The number of likely N-dealkylation sites (N-methyl/N-ethyl adjacent to an activating group) is 1. The van der Waals surface area contributed by atoms with E-state index in [1.807, 2.05) is 0 Å². The highest BCUT2D eigenvalue weighted by Gasteiger charge is 2.29. The number of piperidine rings is 1. The summed E-state index contributed by atoms with van der Waals surface area (Å²) in [6, 6.07) is 0.729. The first kappa shape index (κ1) is 6.62. The Morgan fingerprint density at radius 1 is 1.40 bits per heavy atom. The van der Waals surface area contributed by atoms with E-state index in [-0.39, 0.29) is 0 Å². The maximum absolute atomic E-state index is 5.47. The molecule has 2 fully saturated rings. The number of ether oxygens (including phenoxy) is 1. The van der Waals surface area contributed by atoms with Gasteiger partial charge in [0.25, 0.3) is 0 Å². The molecule has 0 radical (unpaired) electrons. The molecule has 2 saturated heterocycles. The van der Waals surface area contributed by atoms with Crippen LogP contribution in [0.2, 0.25) is 0 Å². The van der Waals surface area contributed by atoms with Crippen LogP contribution in [0.15, 0.2) is 0 Å². The Kier molecular flexibility index (Phi) is 1.66. The number of likely N-dealkylation sites (tertiary alicyclic amines) is 1. The van der Waals surface area contributed by atoms with Gasteiger partial charge in [-0.25, -0.2) is 0 Å². The van der Waals surface area contributed by atoms with Crippen LogP contribution >= 0.6 is 0 Å². The molecular weight excluding hydrogens is 126 g/mol. The maximum atomic E-state index is 5.47. The van der Waals surface area contributed by atoms with E-state index < -0.39 is 0 Å². The molecule has 0 aromatic heterocycles. The van der Waals surface area contributed by atoms with Crippen LogP contribution in [-0.2, 0) is 4.74 Å². The second-order valence-corrected chi connectivity index (χ2v) is 3.56. The minimum absolute atomic E-state index is 0.729. The first-order valence-electron chi connectivity index (χ1n) is 4.14. The van der Waals surface area contributed by atoms with Crippen molar-refractivity contribution in [1.82, 2.24) is 4.90 Å². The van der Waals surface area contributed by atoms with Gasteiger partial charge in [-0.2, -0.15) is 0 Å². The first-order valence-corrected chi connectivity index (χ1v) is 4.14. The lowest BCUT2D eigenvalue weighted by atomic mass is 9.90. The summed E-state index contributed by atoms with van der Waals surface area (Å²) < 4.78 is 5.47. The topological polar surface area (TPSA) is 12.5 Å². The van der Waals surface area contributed by atoms with E-state index in [0.717, 1.165) is 25.2 Å². The van der Waals surface area contributed by atoms with E-state index >= 15 is 0 Å². The molecule has 2 heteroatoms. The smallest absolute Gasteiger partial charge is 0.0621 e. The Bertz CT molecular complexity index is 124. The highest BCUT2D eigenvalue weighted by Crippen LogP contribution is 2.25. The molecule has 2 rings (SSSR count). The lowest BCUT2D eigenvalue weighted by Gasteiger charge is -2.40. The normalized spacial score (nSPS) is 41.7. The summed E-state index contributed by atoms with van der Waals surface area (Å²) in [6.45, 7) is 3.26. The third kappa shape index (κ3) is 1.06. The summed E-state index contributed by atoms with van der Waals surface area (Å²) in [5.74, 6) is 0.870. The number of fused-ring (bicyclic) bond motifs is 2. The van der Waals surface area contributed by atoms with Gasteiger partial charge in [0.2, 0.25) is 0 Å². The fraction of sp³-hybridized carbons (Fsp3) is 1.00. The molecule has 10 heavy (non-hydrogen) atoms. The standard InChI is InChI=1S/C8H15NO/c1-9-3-2-7-4-8(9)6-10-5-7/h7-8H,2-6H2,1H3. The molecule has 2 heterocycles. The third-order valence-corrected chi connectivity index (χ3v) is 2.78. The molecule has 2 nitrogen and oxygen atoms in total. The van der Waals surface area contributed by atoms with Crippen LogP contribution < -0.4 is 0 Å². The zero-order chi connectivity index (χ0) is 6.97. The summed E-state index contributed by atoms with van der Waals surface area (Å²) in [5.41, 5.74) is 0. The summed E-state index contributed by atoms with van der Waals surface area (Å²) in [4.78, 5) is 2.43. The van der Waals surface area contributed by atoms with E-state index in [0.29, 0.717) is 0 Å². The summed E-state index contributed by atoms with van der Waals surface area (Å²) in [6.07, 6.45) is 2.71. The van der Waals surface area contributed by atoms with Crippen LogP contribution in [0.5, 0.6) is 0 Å². The van der Waals surface area contributed by atoms with Crippen LogP contribution in [0.4, 0.5) is 0 Å². The minimum Gasteiger partial charge on any atom is -0.380 e. The van der Waals surface area contributed by atoms with Crippen LogP contribution in [0.1, 0.15) is 12.8 Å². The summed E-state index contributed by atoms with van der Waals surface area (Å²) in [5, 5.41) is 0. The highest BCUT2D eigenvalue weighted by atomic mass is 16.5. The average molecular weight is 141 g/mol. The Labute approximate surface area is 62.2 Å². The molecule has 0 saturated carbocycles. The SMILES string of the molecule is CN1CCC2COCC1C2. The highest BCUT2D eigenvalue weighted by molar-refractivity contribution is 4.82. The Morgan fingerprint density at radius 2 is 2.30 bits per heavy atom. The zero-order valence-corrected chi connectivity index (χ0v) is 6.55. The van der Waals surface area contributed by atoms with Crippen LogP contribution in [-0.4, -0.2) is 37.7 Å². The van der Waals surface area contributed by atoms with Crippen molar-refractivity contribution in [3.8, 4) is 0 Å². The van der Waals surface area contributed by atoms with Gasteiger partial charge in [0.15, 0.2) is 0 Å². The monoisotopic (exact) mass is 141 g/mol. The molecule has 2 aliphatic heterocycles. The van der Waals surface area contributed by atoms with Gasteiger partial charge in [0, 0.05) is 12.6 Å². The molecule has 2 aliphatic rings. The van der Waals surface area contributed by atoms with Gasteiger partial charge in [0.1, 0.15) is 0 Å². The Morgan fingerprint density at radius 3 is 3.10 bits per heavy atom. The van der Waals surface area contributed by atoms with Crippen molar-refractivity contribution in [2.75, 3.05) is 26.8 Å². The fourth-order valence-electron chi connectivity index (χ4n) is 1.97. The minimum atomic E-state index is 0.729. The van der Waals surface area contributed by atoms with E-state index in [9.17, 15) is 0 Å². The molecule has 0 aromatic rings. The van der Waals surface area contributed by atoms with Gasteiger partial charge >= 0.3 is 0 Å². The van der Waals surface area contributed by atoms with Crippen molar-refractivity contribution in [2.24, 2.45) is 5.92 Å². The predicted octanol–water partition coefficient (Wildman–Crippen LogP) is 0.727. The number of rotatable bonds is 0. The van der Waals surface area contributed by atoms with E-state index in [1.165, 1.54) is 19.4 Å². The molecule has 0 aromatic carbocycles. The Hall–Kier alpha value is -0.0800. The molecular formula is C8H15NO. The molecule has 58 valence electrons. The van der Waals surface area contributed by atoms with Crippen molar-refractivity contribution in [3.05, 3.63) is 0 Å². The molecule has 0 amide bonds. The van der Waals surface area contributed by atoms with Gasteiger partial charge < -0.3 is 9.64 Å². The van der Waals surface area contributed by atoms with Gasteiger partial charge in [0.05, 0.1) is 6.61 Å². The van der Waals surface area contributed by atoms with Crippen LogP contribution in [0.25, 0.3) is 0 Å². The van der Waals surface area contributed by atoms with Crippen molar-refractivity contribution < 1.29 is 4.74 Å². The lowest BCUT2D eigenvalue weighted by molar-refractivity contribution is -0.0377. The second-order valence-electron chi connectivity index (χ2n) is 3.56. The first-order chi connectivity index (χ1) is 4.86. The summed E-state index contributed by atoms with van der Waals surface area (Å²) >= 11 is 0. The average Bonchev–Trinajstić information content (AvgIpc) is 1.99. The zero-order valence-electron chi connectivity index (χ0n) is 6.55. The largest absolute Gasteiger partial charge is 0.380 e. The molecule has 0 aliphatic carbocycles. The van der Waals surface area contributed by atoms with E-state index in [1.54, 1.807) is 0 Å². The quantitative estimate of drug-likeness (QED) is 0.493. The fourth-order valence-corrected chi connectivity index (χ4v) is 1.97. The predicted molar refractivity (Wildman–Crippen MR) is 40.0 cm³/mol. The van der Waals surface area contributed by atoms with Crippen LogP contribution in [0, 0.1) is 5.92 Å². The molecule has 0 spiro atoms. The number of nitrogens with zero attached hydrogens (tertiary/aromatic N) is 1. The van der Waals surface area contributed by atoms with Crippen molar-refractivity contribution >= 4 is 0 Å². The Balaban J connectivity index is 2.00. The molecule has 0 N–H and O–H groups in total. The third-order valence-electron chi connectivity index (χ3n) is 2.78. The van der Waals surface area contributed by atoms with Gasteiger partial charge in [-0.15, -0.1) is 0 Å². The van der Waals surface area contributed by atoms with Gasteiger partial charge in [-0.05, 0) is 32.4 Å². The second kappa shape index (κ2) is 2.51.